The van der Waals surface area contributed by atoms with Crippen molar-refractivity contribution in [2.75, 3.05) is 32.5 Å². The van der Waals surface area contributed by atoms with Crippen molar-refractivity contribution in [1.29, 1.82) is 0 Å². The molecular formula is C12H19FN5S2+. The van der Waals surface area contributed by atoms with Gasteiger partial charge < -0.3 is 15.5 Å². The minimum absolute atomic E-state index is 0.291. The van der Waals surface area contributed by atoms with Crippen molar-refractivity contribution in [1.82, 2.24) is 16.2 Å². The van der Waals surface area contributed by atoms with E-state index in [-0.39, 0.29) is 5.82 Å². The van der Waals surface area contributed by atoms with E-state index < -0.39 is 0 Å². The predicted octanol–water partition coefficient (Wildman–Crippen LogP) is -0.364. The normalized spacial score (nSPS) is 10.0. The van der Waals surface area contributed by atoms with Crippen LogP contribution in [0.5, 0.6) is 0 Å². The monoisotopic (exact) mass is 316 g/mol. The Hall–Kier alpha value is -1.51. The Morgan fingerprint density at radius 2 is 1.70 bits per heavy atom. The Morgan fingerprint density at radius 3 is 2.30 bits per heavy atom. The summed E-state index contributed by atoms with van der Waals surface area (Å²) in [6.45, 7) is 1.73. The lowest BCUT2D eigenvalue weighted by Crippen LogP contribution is -3.06. The fraction of sp³-hybridized carbons (Fsp3) is 0.333. The van der Waals surface area contributed by atoms with Gasteiger partial charge in [0.05, 0.1) is 27.2 Å². The molecule has 0 atom stereocenters. The second-order valence-electron chi connectivity index (χ2n) is 4.42. The summed E-state index contributed by atoms with van der Waals surface area (Å²) in [5, 5.41) is 6.75. The van der Waals surface area contributed by atoms with Crippen LogP contribution in [-0.4, -0.2) is 37.4 Å². The van der Waals surface area contributed by atoms with Gasteiger partial charge in [0.1, 0.15) is 5.82 Å². The first kappa shape index (κ1) is 16.5. The third-order valence-electron chi connectivity index (χ3n) is 2.30. The largest absolute Gasteiger partial charge is 0.356 e. The summed E-state index contributed by atoms with van der Waals surface area (Å²) < 4.78 is 12.7. The number of anilines is 1. The fourth-order valence-electron chi connectivity index (χ4n) is 1.28. The molecule has 1 aromatic rings. The van der Waals surface area contributed by atoms with Gasteiger partial charge in [0.15, 0.2) is 10.2 Å². The van der Waals surface area contributed by atoms with Gasteiger partial charge in [0.2, 0.25) is 0 Å². The van der Waals surface area contributed by atoms with Gasteiger partial charge in [-0.3, -0.25) is 10.9 Å². The maximum absolute atomic E-state index is 12.7. The van der Waals surface area contributed by atoms with E-state index in [0.717, 1.165) is 13.1 Å². The number of benzene rings is 1. The van der Waals surface area contributed by atoms with Gasteiger partial charge in [-0.05, 0) is 48.7 Å². The van der Waals surface area contributed by atoms with E-state index in [1.54, 1.807) is 12.1 Å². The van der Waals surface area contributed by atoms with E-state index in [9.17, 15) is 4.39 Å². The molecule has 0 aliphatic heterocycles. The van der Waals surface area contributed by atoms with Crippen LogP contribution < -0.4 is 26.4 Å². The Balaban J connectivity index is 2.22. The van der Waals surface area contributed by atoms with Gasteiger partial charge in [-0.2, -0.15) is 0 Å². The predicted molar refractivity (Wildman–Crippen MR) is 87.2 cm³/mol. The molecule has 0 aromatic heterocycles. The molecule has 8 heteroatoms. The van der Waals surface area contributed by atoms with Crippen molar-refractivity contribution in [3.8, 4) is 0 Å². The Labute approximate surface area is 128 Å². The number of nitrogens with one attached hydrogen (secondary N) is 5. The second-order valence-corrected chi connectivity index (χ2v) is 5.24. The number of hydrogen-bond donors (Lipinski definition) is 5. The van der Waals surface area contributed by atoms with Crippen molar-refractivity contribution >= 4 is 40.3 Å². The summed E-state index contributed by atoms with van der Waals surface area (Å²) in [6.07, 6.45) is 0. The molecule has 0 aliphatic rings. The molecule has 0 saturated carbocycles. The van der Waals surface area contributed by atoms with Crippen LogP contribution in [0, 0.1) is 5.82 Å². The highest BCUT2D eigenvalue weighted by Crippen LogP contribution is 2.07. The molecule has 5 nitrogen and oxygen atoms in total. The van der Waals surface area contributed by atoms with Crippen molar-refractivity contribution < 1.29 is 9.29 Å². The number of halogens is 1. The van der Waals surface area contributed by atoms with Gasteiger partial charge >= 0.3 is 0 Å². The van der Waals surface area contributed by atoms with E-state index in [4.69, 9.17) is 24.4 Å². The number of thiocarbonyl (C=S) groups is 2. The summed E-state index contributed by atoms with van der Waals surface area (Å²) in [7, 11) is 4.14. The van der Waals surface area contributed by atoms with Crippen LogP contribution in [0.25, 0.3) is 0 Å². The van der Waals surface area contributed by atoms with Gasteiger partial charge in [-0.25, -0.2) is 4.39 Å². The second kappa shape index (κ2) is 8.62. The van der Waals surface area contributed by atoms with Crippen LogP contribution in [0.3, 0.4) is 0 Å². The smallest absolute Gasteiger partial charge is 0.189 e. The standard InChI is InChI=1S/C12H18FN5S2/c1-18(2)8-7-14-11(19)16-17-12(20)15-10-5-3-9(13)4-6-10/h3-6H,7-8H2,1-2H3,(H2,14,16,19)(H2,15,17,20)/p+1. The average Bonchev–Trinajstić information content (AvgIpc) is 2.39. The van der Waals surface area contributed by atoms with Crippen molar-refractivity contribution in [2.24, 2.45) is 0 Å². The van der Waals surface area contributed by atoms with E-state index in [2.05, 4.69) is 35.6 Å². The van der Waals surface area contributed by atoms with Gasteiger partial charge in [-0.1, -0.05) is 0 Å². The van der Waals surface area contributed by atoms with Gasteiger partial charge in [0, 0.05) is 5.69 Å². The first-order chi connectivity index (χ1) is 9.47. The lowest BCUT2D eigenvalue weighted by molar-refractivity contribution is -0.856. The Kier molecular flexibility index (Phi) is 7.13. The van der Waals surface area contributed by atoms with E-state index in [1.165, 1.54) is 17.0 Å². The van der Waals surface area contributed by atoms with Crippen LogP contribution >= 0.6 is 24.4 Å². The molecule has 0 bridgehead atoms. The fourth-order valence-corrected chi connectivity index (χ4v) is 1.60. The molecule has 1 rings (SSSR count). The molecule has 0 heterocycles. The first-order valence-corrected chi connectivity index (χ1v) is 6.94. The van der Waals surface area contributed by atoms with E-state index in [1.807, 2.05) is 0 Å². The zero-order chi connectivity index (χ0) is 15.0. The molecule has 20 heavy (non-hydrogen) atoms. The first-order valence-electron chi connectivity index (χ1n) is 6.13. The maximum atomic E-state index is 12.7. The van der Waals surface area contributed by atoms with Gasteiger partial charge in [-0.15, -0.1) is 0 Å². The lowest BCUT2D eigenvalue weighted by atomic mass is 10.3. The topological polar surface area (TPSA) is 52.6 Å². The number of likely N-dealkylation sites (N-methyl/N-ethyl adjacent to an activating group) is 1. The minimum Gasteiger partial charge on any atom is -0.356 e. The third-order valence-corrected chi connectivity index (χ3v) is 2.75. The highest BCUT2D eigenvalue weighted by molar-refractivity contribution is 7.80. The summed E-state index contributed by atoms with van der Waals surface area (Å²) in [5.74, 6) is -0.291. The molecule has 0 unspecified atom stereocenters. The highest BCUT2D eigenvalue weighted by Gasteiger charge is 2.00. The van der Waals surface area contributed by atoms with Crippen molar-refractivity contribution in [3.63, 3.8) is 0 Å². The zero-order valence-electron chi connectivity index (χ0n) is 11.4. The molecule has 1 aromatic carbocycles. The van der Waals surface area contributed by atoms with E-state index >= 15 is 0 Å². The van der Waals surface area contributed by atoms with Crippen molar-refractivity contribution in [3.05, 3.63) is 30.1 Å². The van der Waals surface area contributed by atoms with Crippen LogP contribution in [0.1, 0.15) is 0 Å². The van der Waals surface area contributed by atoms with Crippen LogP contribution in [0.4, 0.5) is 10.1 Å². The molecule has 0 fully saturated rings. The zero-order valence-corrected chi connectivity index (χ0v) is 13.1. The number of quaternary nitrogens is 1. The summed E-state index contributed by atoms with van der Waals surface area (Å²) in [4.78, 5) is 1.33. The van der Waals surface area contributed by atoms with Crippen molar-refractivity contribution in [2.45, 2.75) is 0 Å². The van der Waals surface area contributed by atoms with Crippen LogP contribution in [-0.2, 0) is 0 Å². The summed E-state index contributed by atoms with van der Waals surface area (Å²) >= 11 is 10.1. The number of hydrazine groups is 1. The molecule has 0 amide bonds. The summed E-state index contributed by atoms with van der Waals surface area (Å²) in [5.41, 5.74) is 6.22. The molecule has 0 saturated heterocycles. The Bertz CT molecular complexity index is 450. The van der Waals surface area contributed by atoms with Gasteiger partial charge in [0.25, 0.3) is 0 Å². The molecule has 0 spiro atoms. The average molecular weight is 316 g/mol. The third kappa shape index (κ3) is 7.17. The minimum atomic E-state index is -0.291. The van der Waals surface area contributed by atoms with Crippen LogP contribution in [0.2, 0.25) is 0 Å². The molecule has 5 N–H and O–H groups in total. The van der Waals surface area contributed by atoms with Crippen LogP contribution in [0.15, 0.2) is 24.3 Å². The highest BCUT2D eigenvalue weighted by atomic mass is 32.1. The molecular weight excluding hydrogens is 297 g/mol. The molecule has 110 valence electrons. The molecule has 0 radical (unpaired) electrons. The lowest BCUT2D eigenvalue weighted by Gasteiger charge is -2.14. The maximum Gasteiger partial charge on any atom is 0.189 e. The Morgan fingerprint density at radius 1 is 1.10 bits per heavy atom. The summed E-state index contributed by atoms with van der Waals surface area (Å²) in [6, 6.07) is 5.90. The number of rotatable bonds is 4. The molecule has 0 aliphatic carbocycles. The SMILES string of the molecule is C[NH+](C)CCNC(=S)NNC(=S)Nc1ccc(F)cc1. The van der Waals surface area contributed by atoms with E-state index in [0.29, 0.717) is 15.9 Å². The number of hydrogen-bond acceptors (Lipinski definition) is 2. The quantitative estimate of drug-likeness (QED) is 0.386.